The lowest BCUT2D eigenvalue weighted by Crippen LogP contribution is -1.99. The van der Waals surface area contributed by atoms with E-state index in [1.807, 2.05) is 0 Å². The van der Waals surface area contributed by atoms with Crippen LogP contribution in [0.3, 0.4) is 0 Å². The predicted molar refractivity (Wildman–Crippen MR) is 239 cm³/mol. The summed E-state index contributed by atoms with van der Waals surface area (Å²) in [6.45, 7) is 2.31. The van der Waals surface area contributed by atoms with Gasteiger partial charge < -0.3 is 4.74 Å². The van der Waals surface area contributed by atoms with Crippen molar-refractivity contribution in [3.05, 3.63) is 0 Å². The molecule has 0 saturated carbocycles. The highest BCUT2D eigenvalue weighted by Crippen LogP contribution is 2.18. The largest absolute Gasteiger partial charge is 0.469 e. The van der Waals surface area contributed by atoms with E-state index in [4.69, 9.17) is 4.74 Å². The molecule has 0 fully saturated rings. The summed E-state index contributed by atoms with van der Waals surface area (Å²) < 4.78 is 4.70. The van der Waals surface area contributed by atoms with Gasteiger partial charge in [-0.1, -0.05) is 302 Å². The van der Waals surface area contributed by atoms with Gasteiger partial charge in [-0.25, -0.2) is 0 Å². The van der Waals surface area contributed by atoms with E-state index in [1.165, 1.54) is 302 Å². The minimum Gasteiger partial charge on any atom is -0.469 e. The summed E-state index contributed by atoms with van der Waals surface area (Å²) in [5.41, 5.74) is 0. The van der Waals surface area contributed by atoms with Gasteiger partial charge in [-0.15, -0.1) is 0 Å². The Bertz CT molecular complexity index is 644. The molecule has 0 aromatic rings. The number of esters is 1. The molecule has 0 amide bonds. The summed E-state index contributed by atoms with van der Waals surface area (Å²) in [5, 5.41) is 0. The maximum absolute atomic E-state index is 11.1. The van der Waals surface area contributed by atoms with Crippen LogP contribution in [-0.4, -0.2) is 13.1 Å². The van der Waals surface area contributed by atoms with E-state index in [9.17, 15) is 4.79 Å². The van der Waals surface area contributed by atoms with E-state index >= 15 is 0 Å². The molecule has 0 aliphatic rings. The Morgan fingerprint density at radius 1 is 0.245 bits per heavy atom. The maximum atomic E-state index is 11.1. The highest BCUT2D eigenvalue weighted by Gasteiger charge is 2.00. The molecule has 2 heteroatoms. The van der Waals surface area contributed by atoms with Crippen LogP contribution in [-0.2, 0) is 9.53 Å². The standard InChI is InChI=1S/C51H102O2/c1-3-4-5-6-7-8-9-10-11-12-13-14-15-16-17-18-19-20-21-22-23-24-25-26-27-28-29-30-31-32-33-34-35-36-37-38-39-40-41-42-43-44-45-46-47-48-49-50-51(52)53-2/h3-50H2,1-2H3. The molecule has 2 nitrogen and oxygen atoms in total. The number of methoxy groups -OCH3 is 1. The van der Waals surface area contributed by atoms with E-state index in [0.717, 1.165) is 6.42 Å². The molecule has 0 N–H and O–H groups in total. The third-order valence-electron chi connectivity index (χ3n) is 12.2. The van der Waals surface area contributed by atoms with E-state index in [2.05, 4.69) is 6.92 Å². The molecule has 0 heterocycles. The van der Waals surface area contributed by atoms with E-state index in [1.54, 1.807) is 0 Å². The molecule has 0 spiro atoms. The first-order chi connectivity index (χ1) is 26.3. The fraction of sp³-hybridized carbons (Fsp3) is 0.980. The van der Waals surface area contributed by atoms with Crippen molar-refractivity contribution in [3.63, 3.8) is 0 Å². The molecule has 0 rings (SSSR count). The highest BCUT2D eigenvalue weighted by molar-refractivity contribution is 5.68. The van der Waals surface area contributed by atoms with Gasteiger partial charge in [0.05, 0.1) is 7.11 Å². The molecule has 0 aromatic heterocycles. The lowest BCUT2D eigenvalue weighted by atomic mass is 10.0. The van der Waals surface area contributed by atoms with E-state index < -0.39 is 0 Å². The highest BCUT2D eigenvalue weighted by atomic mass is 16.5. The molecule has 0 aromatic carbocycles. The van der Waals surface area contributed by atoms with Crippen LogP contribution >= 0.6 is 0 Å². The second-order valence-corrected chi connectivity index (χ2v) is 17.6. The number of carbonyl (C=O) groups excluding carboxylic acids is 1. The number of carbonyl (C=O) groups is 1. The van der Waals surface area contributed by atoms with Crippen molar-refractivity contribution in [3.8, 4) is 0 Å². The maximum Gasteiger partial charge on any atom is 0.305 e. The van der Waals surface area contributed by atoms with Crippen molar-refractivity contribution < 1.29 is 9.53 Å². The molecular formula is C51H102O2. The summed E-state index contributed by atoms with van der Waals surface area (Å²) in [7, 11) is 1.48. The summed E-state index contributed by atoms with van der Waals surface area (Å²) >= 11 is 0. The van der Waals surface area contributed by atoms with Gasteiger partial charge in [0.25, 0.3) is 0 Å². The van der Waals surface area contributed by atoms with Crippen LogP contribution < -0.4 is 0 Å². The van der Waals surface area contributed by atoms with Crippen molar-refractivity contribution in [1.82, 2.24) is 0 Å². The third kappa shape index (κ3) is 49.5. The smallest absolute Gasteiger partial charge is 0.305 e. The van der Waals surface area contributed by atoms with Crippen molar-refractivity contribution in [2.45, 2.75) is 315 Å². The van der Waals surface area contributed by atoms with Crippen LogP contribution in [0.25, 0.3) is 0 Å². The zero-order valence-corrected chi connectivity index (χ0v) is 37.3. The minimum atomic E-state index is -0.0580. The first-order valence-corrected chi connectivity index (χ1v) is 25.4. The molecular weight excluding hydrogens is 645 g/mol. The summed E-state index contributed by atoms with van der Waals surface area (Å²) in [5.74, 6) is -0.0580. The minimum absolute atomic E-state index is 0.0580. The van der Waals surface area contributed by atoms with Crippen LogP contribution in [0.5, 0.6) is 0 Å². The molecule has 0 aliphatic carbocycles. The number of hydrogen-bond acceptors (Lipinski definition) is 2. The van der Waals surface area contributed by atoms with Crippen molar-refractivity contribution in [2.24, 2.45) is 0 Å². The van der Waals surface area contributed by atoms with Crippen LogP contribution in [0.1, 0.15) is 315 Å². The Kier molecular flexibility index (Phi) is 49.0. The second kappa shape index (κ2) is 49.5. The Labute approximate surface area is 336 Å². The van der Waals surface area contributed by atoms with Gasteiger partial charge in [0.2, 0.25) is 0 Å². The Hall–Kier alpha value is -0.530. The molecule has 318 valence electrons. The lowest BCUT2D eigenvalue weighted by molar-refractivity contribution is -0.140. The topological polar surface area (TPSA) is 26.3 Å². The molecule has 0 saturated heterocycles. The van der Waals surface area contributed by atoms with Gasteiger partial charge in [-0.05, 0) is 6.42 Å². The normalized spacial score (nSPS) is 11.5. The van der Waals surface area contributed by atoms with E-state index in [-0.39, 0.29) is 5.97 Å². The Morgan fingerprint density at radius 2 is 0.377 bits per heavy atom. The monoisotopic (exact) mass is 747 g/mol. The number of hydrogen-bond donors (Lipinski definition) is 0. The fourth-order valence-electron chi connectivity index (χ4n) is 8.40. The number of unbranched alkanes of at least 4 members (excludes halogenated alkanes) is 46. The Balaban J connectivity index is 3.06. The van der Waals surface area contributed by atoms with Crippen molar-refractivity contribution >= 4 is 5.97 Å². The first kappa shape index (κ1) is 52.5. The molecule has 0 aliphatic heterocycles. The number of rotatable bonds is 48. The third-order valence-corrected chi connectivity index (χ3v) is 12.2. The van der Waals surface area contributed by atoms with Gasteiger partial charge in [-0.3, -0.25) is 4.79 Å². The van der Waals surface area contributed by atoms with Gasteiger partial charge in [0, 0.05) is 6.42 Å². The summed E-state index contributed by atoms with van der Waals surface area (Å²) in [6, 6.07) is 0. The molecule has 53 heavy (non-hydrogen) atoms. The zero-order valence-electron chi connectivity index (χ0n) is 37.3. The summed E-state index contributed by atoms with van der Waals surface area (Å²) in [4.78, 5) is 11.1. The van der Waals surface area contributed by atoms with Crippen molar-refractivity contribution in [1.29, 1.82) is 0 Å². The SMILES string of the molecule is CCCCCCCCCCCCCCCCCCCCCCCCCCCCCCCCCCCCCCCCCCCCCCCCCC(=O)OC. The molecule has 0 radical (unpaired) electrons. The first-order valence-electron chi connectivity index (χ1n) is 25.4. The zero-order chi connectivity index (χ0) is 38.2. The van der Waals surface area contributed by atoms with Crippen LogP contribution in [0.15, 0.2) is 0 Å². The quantitative estimate of drug-likeness (QED) is 0.0458. The van der Waals surface area contributed by atoms with Gasteiger partial charge in [-0.2, -0.15) is 0 Å². The summed E-state index contributed by atoms with van der Waals surface area (Å²) in [6.07, 6.45) is 68.6. The van der Waals surface area contributed by atoms with Crippen LogP contribution in [0.4, 0.5) is 0 Å². The van der Waals surface area contributed by atoms with Crippen molar-refractivity contribution in [2.75, 3.05) is 7.11 Å². The molecule has 0 bridgehead atoms. The van der Waals surface area contributed by atoms with Crippen LogP contribution in [0, 0.1) is 0 Å². The predicted octanol–water partition coefficient (Wildman–Crippen LogP) is 18.9. The molecule has 0 unspecified atom stereocenters. The Morgan fingerprint density at radius 3 is 0.509 bits per heavy atom. The number of ether oxygens (including phenoxy) is 1. The van der Waals surface area contributed by atoms with Gasteiger partial charge >= 0.3 is 5.97 Å². The fourth-order valence-corrected chi connectivity index (χ4v) is 8.40. The average Bonchev–Trinajstić information content (AvgIpc) is 3.17. The van der Waals surface area contributed by atoms with E-state index in [0.29, 0.717) is 6.42 Å². The van der Waals surface area contributed by atoms with Crippen LogP contribution in [0.2, 0.25) is 0 Å². The average molecular weight is 747 g/mol. The van der Waals surface area contributed by atoms with Gasteiger partial charge in [0.1, 0.15) is 0 Å². The second-order valence-electron chi connectivity index (χ2n) is 17.6. The molecule has 0 atom stereocenters. The van der Waals surface area contributed by atoms with Gasteiger partial charge in [0.15, 0.2) is 0 Å². The lowest BCUT2D eigenvalue weighted by Gasteiger charge is -2.05.